The monoisotopic (exact) mass is 814 g/mol. The van der Waals surface area contributed by atoms with Crippen molar-refractivity contribution in [2.75, 3.05) is 4.90 Å². The number of anilines is 3. The lowest BCUT2D eigenvalue weighted by Crippen LogP contribution is -2.74. The Balaban J connectivity index is 1.11. The van der Waals surface area contributed by atoms with Gasteiger partial charge in [0.15, 0.2) is 8.07 Å². The molecule has 12 rings (SSSR count). The van der Waals surface area contributed by atoms with E-state index in [1.54, 1.807) is 0 Å². The van der Waals surface area contributed by atoms with Crippen LogP contribution in [0.15, 0.2) is 223 Å². The van der Waals surface area contributed by atoms with E-state index in [1.165, 1.54) is 70.0 Å². The van der Waals surface area contributed by atoms with Gasteiger partial charge in [0, 0.05) is 44.3 Å². The minimum atomic E-state index is -2.77. The van der Waals surface area contributed by atoms with Crippen molar-refractivity contribution in [2.45, 2.75) is 13.1 Å². The number of fused-ring (bicyclic) bond motifs is 8. The lowest BCUT2D eigenvalue weighted by Gasteiger charge is -2.41. The van der Waals surface area contributed by atoms with E-state index in [-0.39, 0.29) is 0 Å². The molecule has 290 valence electrons. The van der Waals surface area contributed by atoms with Crippen LogP contribution in [0.2, 0.25) is 13.1 Å². The van der Waals surface area contributed by atoms with E-state index < -0.39 is 16.1 Å². The molecule has 0 atom stereocenters. The number of furan rings is 1. The van der Waals surface area contributed by atoms with E-state index in [4.69, 9.17) is 4.42 Å². The summed E-state index contributed by atoms with van der Waals surface area (Å²) in [5.41, 5.74) is 9.09. The molecule has 2 aromatic heterocycles. The lowest BCUT2D eigenvalue weighted by molar-refractivity contribution is 0.669. The van der Waals surface area contributed by atoms with Crippen LogP contribution in [0.25, 0.3) is 49.4 Å². The van der Waals surface area contributed by atoms with Gasteiger partial charge in [0.25, 0.3) is 0 Å². The molecule has 61 heavy (non-hydrogen) atoms. The summed E-state index contributed by atoms with van der Waals surface area (Å²) in [6, 6.07) is 81.3. The molecule has 0 aliphatic carbocycles. The Hall–Kier alpha value is -7.19. The van der Waals surface area contributed by atoms with E-state index in [9.17, 15) is 0 Å². The van der Waals surface area contributed by atoms with Crippen molar-refractivity contribution in [3.8, 4) is 5.69 Å². The fraction of sp³-hybridized carbons (Fsp3) is 0.0357. The largest absolute Gasteiger partial charge is 0.456 e. The number of nitrogens with zero attached hydrogens (tertiary/aromatic N) is 2. The highest BCUT2D eigenvalue weighted by atomic mass is 28.3. The molecule has 9 aromatic carbocycles. The van der Waals surface area contributed by atoms with Gasteiger partial charge in [0.1, 0.15) is 19.2 Å². The van der Waals surface area contributed by atoms with Crippen LogP contribution < -0.4 is 36.0 Å². The van der Waals surface area contributed by atoms with Crippen LogP contribution in [0.5, 0.6) is 0 Å². The van der Waals surface area contributed by atoms with Crippen LogP contribution in [0.4, 0.5) is 17.1 Å². The Morgan fingerprint density at radius 2 is 0.934 bits per heavy atom. The summed E-state index contributed by atoms with van der Waals surface area (Å²) in [5, 5.41) is 13.1. The predicted octanol–water partition coefficient (Wildman–Crippen LogP) is 10.7. The van der Waals surface area contributed by atoms with Gasteiger partial charge in [-0.25, -0.2) is 0 Å². The predicted molar refractivity (Wildman–Crippen MR) is 263 cm³/mol. The molecule has 0 fully saturated rings. The molecule has 5 heteroatoms. The first kappa shape index (κ1) is 35.7. The number of benzene rings is 9. The van der Waals surface area contributed by atoms with Gasteiger partial charge in [-0.1, -0.05) is 171 Å². The topological polar surface area (TPSA) is 21.3 Å². The summed E-state index contributed by atoms with van der Waals surface area (Å²) >= 11 is 0. The zero-order valence-electron chi connectivity index (χ0n) is 34.1. The smallest absolute Gasteiger partial charge is 0.179 e. The third-order valence-corrected chi connectivity index (χ3v) is 21.6. The molecule has 1 aliphatic rings. The summed E-state index contributed by atoms with van der Waals surface area (Å²) < 4.78 is 8.82. The Bertz CT molecular complexity index is 3370. The molecule has 0 saturated carbocycles. The minimum absolute atomic E-state index is 0.908. The normalized spacial score (nSPS) is 13.5. The van der Waals surface area contributed by atoms with Crippen molar-refractivity contribution in [3.63, 3.8) is 0 Å². The van der Waals surface area contributed by atoms with Crippen LogP contribution >= 0.6 is 0 Å². The summed E-state index contributed by atoms with van der Waals surface area (Å²) in [4.78, 5) is 2.48. The zero-order valence-corrected chi connectivity index (χ0v) is 36.1. The van der Waals surface area contributed by atoms with Gasteiger partial charge >= 0.3 is 0 Å². The SMILES string of the molecule is C[Si]1(C)c2ccccc2N(c2ccc3oc4ccccc4c3c2)c2ccc(-n3c4ccccc4c4ccc([Si](c5ccccc5)(c5ccccc5)c5ccccc5)cc43)cc21. The zero-order chi connectivity index (χ0) is 40.7. The maximum atomic E-state index is 6.29. The van der Waals surface area contributed by atoms with Crippen LogP contribution in [0, 0.1) is 0 Å². The Morgan fingerprint density at radius 3 is 1.66 bits per heavy atom. The van der Waals surface area contributed by atoms with Gasteiger partial charge in [0.2, 0.25) is 0 Å². The number of para-hydroxylation sites is 3. The molecule has 0 bridgehead atoms. The number of aromatic nitrogens is 1. The standard InChI is InChI=1S/C56H42N2OSi2/c1-60(2)55-29-17-15-27-50(55)58(39-31-35-54-48(36-39)47-25-13-16-28-53(47)59-54)51-34-30-40(37-56(51)60)57-49-26-14-12-24-45(49)46-33-32-44(38-52(46)57)61(41-18-6-3-7-19-41,42-20-8-4-9-21-42)43-22-10-5-11-23-43/h3-38H,1-2H3. The van der Waals surface area contributed by atoms with Crippen LogP contribution in [0.1, 0.15) is 0 Å². The number of hydrogen-bond acceptors (Lipinski definition) is 2. The third kappa shape index (κ3) is 5.27. The Morgan fingerprint density at radius 1 is 0.377 bits per heavy atom. The Labute approximate surface area is 357 Å². The average molecular weight is 815 g/mol. The van der Waals surface area contributed by atoms with Crippen molar-refractivity contribution in [1.29, 1.82) is 0 Å². The number of hydrogen-bond donors (Lipinski definition) is 0. The Kier molecular flexibility index (Phi) is 8.01. The quantitative estimate of drug-likeness (QED) is 0.123. The molecular weight excluding hydrogens is 773 g/mol. The van der Waals surface area contributed by atoms with E-state index in [1.807, 2.05) is 6.07 Å². The highest BCUT2D eigenvalue weighted by molar-refractivity contribution is 7.20. The minimum Gasteiger partial charge on any atom is -0.456 e. The van der Waals surface area contributed by atoms with E-state index in [0.717, 1.165) is 27.6 Å². The molecule has 3 nitrogen and oxygen atoms in total. The molecule has 0 unspecified atom stereocenters. The maximum Gasteiger partial charge on any atom is 0.179 e. The van der Waals surface area contributed by atoms with Gasteiger partial charge in [-0.3, -0.25) is 0 Å². The third-order valence-electron chi connectivity index (χ3n) is 13.3. The van der Waals surface area contributed by atoms with Gasteiger partial charge in [0.05, 0.1) is 11.0 Å². The fourth-order valence-electron chi connectivity index (χ4n) is 10.5. The van der Waals surface area contributed by atoms with E-state index in [0.29, 0.717) is 0 Å². The first-order valence-electron chi connectivity index (χ1n) is 21.2. The molecule has 0 saturated heterocycles. The second-order valence-electron chi connectivity index (χ2n) is 16.9. The fourth-order valence-corrected chi connectivity index (χ4v) is 18.3. The van der Waals surface area contributed by atoms with Crippen LogP contribution in [-0.2, 0) is 0 Å². The van der Waals surface area contributed by atoms with E-state index >= 15 is 0 Å². The first-order chi connectivity index (χ1) is 30.0. The molecule has 0 amide bonds. The first-order valence-corrected chi connectivity index (χ1v) is 26.2. The lowest BCUT2D eigenvalue weighted by atomic mass is 10.1. The summed E-state index contributed by atoms with van der Waals surface area (Å²) in [7, 11) is -4.98. The van der Waals surface area contributed by atoms with Crippen molar-refractivity contribution >= 4 is 108 Å². The van der Waals surface area contributed by atoms with Crippen molar-refractivity contribution < 1.29 is 4.42 Å². The molecule has 0 N–H and O–H groups in total. The molecule has 0 radical (unpaired) electrons. The summed E-state index contributed by atoms with van der Waals surface area (Å²) in [5.74, 6) is 0. The van der Waals surface area contributed by atoms with Crippen molar-refractivity contribution in [1.82, 2.24) is 4.57 Å². The highest BCUT2D eigenvalue weighted by Crippen LogP contribution is 2.42. The van der Waals surface area contributed by atoms with Crippen molar-refractivity contribution in [3.05, 3.63) is 218 Å². The second kappa shape index (κ2) is 13.7. The maximum absolute atomic E-state index is 6.29. The molecule has 3 heterocycles. The molecule has 1 aliphatic heterocycles. The van der Waals surface area contributed by atoms with Gasteiger partial charge < -0.3 is 13.9 Å². The van der Waals surface area contributed by atoms with Gasteiger partial charge in [-0.2, -0.15) is 0 Å². The average Bonchev–Trinajstić information content (AvgIpc) is 3.86. The molecule has 11 aromatic rings. The van der Waals surface area contributed by atoms with Crippen LogP contribution in [0.3, 0.4) is 0 Å². The summed E-state index contributed by atoms with van der Waals surface area (Å²) in [6.45, 7) is 5.03. The molecular formula is C56H42N2OSi2. The van der Waals surface area contributed by atoms with Gasteiger partial charge in [-0.15, -0.1) is 0 Å². The second-order valence-corrected chi connectivity index (χ2v) is 25.0. The molecule has 0 spiro atoms. The van der Waals surface area contributed by atoms with Crippen LogP contribution in [-0.4, -0.2) is 20.7 Å². The van der Waals surface area contributed by atoms with Crippen molar-refractivity contribution in [2.24, 2.45) is 0 Å². The van der Waals surface area contributed by atoms with E-state index in [2.05, 4.69) is 235 Å². The van der Waals surface area contributed by atoms with Gasteiger partial charge in [-0.05, 0) is 91.8 Å². The highest BCUT2D eigenvalue weighted by Gasteiger charge is 2.42. The summed E-state index contributed by atoms with van der Waals surface area (Å²) in [6.07, 6.45) is 0. The number of rotatable bonds is 6.